The van der Waals surface area contributed by atoms with Gasteiger partial charge >= 0.3 is 6.18 Å². The normalized spacial score (nSPS) is 16.0. The highest BCUT2D eigenvalue weighted by Gasteiger charge is 2.33. The number of aromatic nitrogens is 2. The highest BCUT2D eigenvalue weighted by Crippen LogP contribution is 2.27. The number of hydrogen-bond acceptors (Lipinski definition) is 4. The molecule has 2 aromatic rings. The molecule has 0 bridgehead atoms. The first-order chi connectivity index (χ1) is 14.4. The second kappa shape index (κ2) is 10.1. The minimum absolute atomic E-state index is 0.186. The van der Waals surface area contributed by atoms with E-state index in [0.29, 0.717) is 17.8 Å². The Labute approximate surface area is 174 Å². The zero-order valence-corrected chi connectivity index (χ0v) is 17.2. The molecule has 1 aromatic carbocycles. The molecule has 0 unspecified atom stereocenters. The van der Waals surface area contributed by atoms with E-state index in [9.17, 15) is 18.0 Å². The molecule has 30 heavy (non-hydrogen) atoms. The van der Waals surface area contributed by atoms with Gasteiger partial charge in [-0.05, 0) is 56.3 Å². The van der Waals surface area contributed by atoms with Crippen LogP contribution in [0.2, 0.25) is 0 Å². The number of likely N-dealkylation sites (N-methyl/N-ethyl adjacent to an activating group) is 1. The van der Waals surface area contributed by atoms with E-state index in [2.05, 4.69) is 27.1 Å². The molecule has 0 aliphatic carbocycles. The first-order valence-corrected chi connectivity index (χ1v) is 10.3. The Bertz CT molecular complexity index is 811. The lowest BCUT2D eigenvalue weighted by Crippen LogP contribution is -2.46. The molecular weight excluding hydrogens is 395 g/mol. The summed E-state index contributed by atoms with van der Waals surface area (Å²) < 4.78 is 39.1. The molecule has 1 N–H and O–H groups in total. The van der Waals surface area contributed by atoms with Gasteiger partial charge in [0, 0.05) is 44.5 Å². The van der Waals surface area contributed by atoms with Crippen molar-refractivity contribution in [3.8, 4) is 5.69 Å². The molecule has 6 nitrogen and oxygen atoms in total. The van der Waals surface area contributed by atoms with Crippen molar-refractivity contribution in [1.82, 2.24) is 24.9 Å². The molecule has 1 aliphatic rings. The minimum atomic E-state index is -4.48. The second-order valence-corrected chi connectivity index (χ2v) is 7.43. The van der Waals surface area contributed by atoms with Gasteiger partial charge < -0.3 is 15.1 Å². The van der Waals surface area contributed by atoms with Gasteiger partial charge in [0.25, 0.3) is 5.91 Å². The van der Waals surface area contributed by atoms with Crippen LogP contribution in [-0.4, -0.2) is 71.3 Å². The zero-order chi connectivity index (χ0) is 21.6. The highest BCUT2D eigenvalue weighted by atomic mass is 19.4. The average molecular weight is 423 g/mol. The number of nitrogens with one attached hydrogen (secondary N) is 1. The van der Waals surface area contributed by atoms with Crippen molar-refractivity contribution in [2.24, 2.45) is 0 Å². The molecule has 2 heterocycles. The summed E-state index contributed by atoms with van der Waals surface area (Å²) in [6, 6.07) is 7.26. The Morgan fingerprint density at radius 2 is 1.70 bits per heavy atom. The zero-order valence-electron chi connectivity index (χ0n) is 17.2. The first kappa shape index (κ1) is 22.3. The van der Waals surface area contributed by atoms with E-state index in [1.54, 1.807) is 24.3 Å². The predicted molar refractivity (Wildman–Crippen MR) is 109 cm³/mol. The van der Waals surface area contributed by atoms with E-state index in [1.807, 2.05) is 0 Å². The maximum absolute atomic E-state index is 12.7. The second-order valence-electron chi connectivity index (χ2n) is 7.43. The summed E-state index contributed by atoms with van der Waals surface area (Å²) in [5.74, 6) is -0.186. The van der Waals surface area contributed by atoms with Crippen molar-refractivity contribution < 1.29 is 18.0 Å². The minimum Gasteiger partial charge on any atom is -0.352 e. The van der Waals surface area contributed by atoms with Crippen LogP contribution in [-0.2, 0) is 6.18 Å². The number of piperazine rings is 1. The molecule has 0 radical (unpaired) electrons. The summed E-state index contributed by atoms with van der Waals surface area (Å²) in [6.07, 6.45) is -1.29. The summed E-state index contributed by atoms with van der Waals surface area (Å²) in [5, 5.41) is 6.43. The van der Waals surface area contributed by atoms with Crippen LogP contribution in [0.5, 0.6) is 0 Å². The molecule has 0 spiro atoms. The number of benzene rings is 1. The molecular formula is C21H28F3N5O. The Morgan fingerprint density at radius 3 is 2.30 bits per heavy atom. The van der Waals surface area contributed by atoms with Gasteiger partial charge in [-0.3, -0.25) is 4.79 Å². The van der Waals surface area contributed by atoms with E-state index in [1.165, 1.54) is 6.20 Å². The molecule has 1 fully saturated rings. The van der Waals surface area contributed by atoms with Crippen molar-refractivity contribution in [1.29, 1.82) is 0 Å². The molecule has 1 amide bonds. The number of nitrogens with zero attached hydrogens (tertiary/aromatic N) is 4. The van der Waals surface area contributed by atoms with Crippen LogP contribution in [0, 0.1) is 0 Å². The lowest BCUT2D eigenvalue weighted by molar-refractivity contribution is -0.141. The lowest BCUT2D eigenvalue weighted by Gasteiger charge is -2.33. The number of unbranched alkanes of at least 4 members (excludes halogenated alkanes) is 1. The van der Waals surface area contributed by atoms with Gasteiger partial charge in [-0.15, -0.1) is 0 Å². The number of carbonyl (C=O) groups is 1. The quantitative estimate of drug-likeness (QED) is 0.664. The Balaban J connectivity index is 1.39. The van der Waals surface area contributed by atoms with Crippen LogP contribution in [0.3, 0.4) is 0 Å². The van der Waals surface area contributed by atoms with Gasteiger partial charge in [0.05, 0.1) is 5.69 Å². The third-order valence-corrected chi connectivity index (χ3v) is 5.37. The number of halogens is 3. The van der Waals surface area contributed by atoms with Crippen molar-refractivity contribution >= 4 is 5.91 Å². The third kappa shape index (κ3) is 6.06. The molecule has 1 aliphatic heterocycles. The fourth-order valence-corrected chi connectivity index (χ4v) is 3.48. The number of alkyl halides is 3. The molecule has 0 atom stereocenters. The molecule has 0 saturated carbocycles. The third-order valence-electron chi connectivity index (χ3n) is 5.37. The summed E-state index contributed by atoms with van der Waals surface area (Å²) in [5.41, 5.74) is -0.0144. The molecule has 1 saturated heterocycles. The molecule has 1 aromatic heterocycles. The monoisotopic (exact) mass is 423 g/mol. The van der Waals surface area contributed by atoms with Gasteiger partial charge in [-0.2, -0.15) is 18.3 Å². The average Bonchev–Trinajstić information content (AvgIpc) is 3.25. The van der Waals surface area contributed by atoms with Crippen LogP contribution in [0.1, 0.15) is 35.8 Å². The van der Waals surface area contributed by atoms with Crippen LogP contribution >= 0.6 is 0 Å². The highest BCUT2D eigenvalue weighted by molar-refractivity contribution is 5.94. The van der Waals surface area contributed by atoms with Gasteiger partial charge in [0.15, 0.2) is 5.69 Å². The van der Waals surface area contributed by atoms with Crippen molar-refractivity contribution in [2.75, 3.05) is 45.8 Å². The standard InChI is InChI=1S/C21H28F3N5O/c1-2-27-13-15-28(16-14-27)11-4-3-10-25-20(30)17-5-7-18(8-6-17)29-12-9-19(26-29)21(22,23)24/h5-9,12H,2-4,10-11,13-16H2,1H3,(H,25,30). The molecule has 3 rings (SSSR count). The van der Waals surface area contributed by atoms with Crippen molar-refractivity contribution in [2.45, 2.75) is 25.9 Å². The fourth-order valence-electron chi connectivity index (χ4n) is 3.48. The number of hydrogen-bond donors (Lipinski definition) is 1. The largest absolute Gasteiger partial charge is 0.435 e. The maximum atomic E-state index is 12.7. The van der Waals surface area contributed by atoms with Gasteiger partial charge in [-0.25, -0.2) is 4.68 Å². The smallest absolute Gasteiger partial charge is 0.352 e. The van der Waals surface area contributed by atoms with Crippen LogP contribution in [0.15, 0.2) is 36.5 Å². The Hall–Kier alpha value is -2.39. The summed E-state index contributed by atoms with van der Waals surface area (Å²) in [4.78, 5) is 17.2. The summed E-state index contributed by atoms with van der Waals surface area (Å²) in [7, 11) is 0. The van der Waals surface area contributed by atoms with E-state index in [4.69, 9.17) is 0 Å². The van der Waals surface area contributed by atoms with E-state index in [-0.39, 0.29) is 5.91 Å². The van der Waals surface area contributed by atoms with Gasteiger partial charge in [-0.1, -0.05) is 6.92 Å². The SMILES string of the molecule is CCN1CCN(CCCCNC(=O)c2ccc(-n3ccc(C(F)(F)F)n3)cc2)CC1. The lowest BCUT2D eigenvalue weighted by atomic mass is 10.2. The van der Waals surface area contributed by atoms with Crippen LogP contribution in [0.4, 0.5) is 13.2 Å². The molecule has 164 valence electrons. The first-order valence-electron chi connectivity index (χ1n) is 10.3. The Kier molecular flexibility index (Phi) is 7.49. The number of carbonyl (C=O) groups excluding carboxylic acids is 1. The fraction of sp³-hybridized carbons (Fsp3) is 0.524. The van der Waals surface area contributed by atoms with Crippen LogP contribution < -0.4 is 5.32 Å². The van der Waals surface area contributed by atoms with Gasteiger partial charge in [0.1, 0.15) is 0 Å². The maximum Gasteiger partial charge on any atom is 0.435 e. The number of amides is 1. The Morgan fingerprint density at radius 1 is 1.03 bits per heavy atom. The topological polar surface area (TPSA) is 53.4 Å². The summed E-state index contributed by atoms with van der Waals surface area (Å²) in [6.45, 7) is 9.40. The summed E-state index contributed by atoms with van der Waals surface area (Å²) >= 11 is 0. The van der Waals surface area contributed by atoms with E-state index >= 15 is 0 Å². The van der Waals surface area contributed by atoms with Crippen molar-refractivity contribution in [3.63, 3.8) is 0 Å². The van der Waals surface area contributed by atoms with Crippen molar-refractivity contribution in [3.05, 3.63) is 47.8 Å². The van der Waals surface area contributed by atoms with E-state index < -0.39 is 11.9 Å². The molecule has 9 heteroatoms. The van der Waals surface area contributed by atoms with E-state index in [0.717, 1.165) is 62.9 Å². The van der Waals surface area contributed by atoms with Gasteiger partial charge in [0.2, 0.25) is 0 Å². The number of rotatable bonds is 8. The predicted octanol–water partition coefficient (Wildman–Crippen LogP) is 3.04. The van der Waals surface area contributed by atoms with Crippen LogP contribution in [0.25, 0.3) is 5.69 Å².